The minimum absolute atomic E-state index is 0.189. The van der Waals surface area contributed by atoms with Crippen molar-refractivity contribution in [3.8, 4) is 0 Å². The Morgan fingerprint density at radius 2 is 1.96 bits per heavy atom. The number of nitrogens with zero attached hydrogens (tertiary/aromatic N) is 1. The van der Waals surface area contributed by atoms with E-state index in [1.807, 2.05) is 0 Å². The van der Waals surface area contributed by atoms with E-state index in [9.17, 15) is 4.79 Å². The summed E-state index contributed by atoms with van der Waals surface area (Å²) in [6.07, 6.45) is 2.05. The molecule has 1 heterocycles. The topological polar surface area (TPSA) is 44.4 Å². The molecule has 1 saturated heterocycles. The molecular weight excluding hydrogens is 298 g/mol. The van der Waals surface area contributed by atoms with Crippen molar-refractivity contribution >= 4 is 5.91 Å². The van der Waals surface area contributed by atoms with E-state index in [-0.39, 0.29) is 11.8 Å². The molecule has 0 aromatic heterocycles. The molecule has 2 N–H and O–H groups in total. The molecule has 1 aromatic carbocycles. The monoisotopic (exact) mass is 329 g/mol. The van der Waals surface area contributed by atoms with E-state index in [0.717, 1.165) is 52.1 Å². The molecule has 132 valence electrons. The molecule has 2 unspecified atom stereocenters. The van der Waals surface area contributed by atoms with Crippen LogP contribution >= 0.6 is 0 Å². The Hall–Kier alpha value is -1.39. The van der Waals surface area contributed by atoms with Crippen LogP contribution in [0, 0.1) is 5.92 Å². The van der Waals surface area contributed by atoms with Crippen LogP contribution in [0.5, 0.6) is 0 Å². The highest BCUT2D eigenvalue weighted by atomic mass is 16.2. The van der Waals surface area contributed by atoms with E-state index in [1.165, 1.54) is 11.1 Å². The van der Waals surface area contributed by atoms with Crippen LogP contribution in [0.3, 0.4) is 0 Å². The van der Waals surface area contributed by atoms with Gasteiger partial charge in [0.2, 0.25) is 5.91 Å². The van der Waals surface area contributed by atoms with Gasteiger partial charge >= 0.3 is 0 Å². The van der Waals surface area contributed by atoms with Crippen LogP contribution < -0.4 is 10.6 Å². The van der Waals surface area contributed by atoms with E-state index >= 15 is 0 Å². The maximum Gasteiger partial charge on any atom is 0.223 e. The number of carbonyl (C=O) groups excluding carboxylic acids is 1. The highest BCUT2D eigenvalue weighted by Crippen LogP contribution is 2.47. The van der Waals surface area contributed by atoms with Crippen molar-refractivity contribution < 1.29 is 4.79 Å². The quantitative estimate of drug-likeness (QED) is 0.755. The SMILES string of the molecule is CC(C)c1ccc(C2CC2C(=O)NCCCN2CCNCC2)cc1. The van der Waals surface area contributed by atoms with Crippen molar-refractivity contribution in [1.82, 2.24) is 15.5 Å². The van der Waals surface area contributed by atoms with E-state index in [1.54, 1.807) is 0 Å². The third-order valence-electron chi connectivity index (χ3n) is 5.32. The van der Waals surface area contributed by atoms with Gasteiger partial charge in [-0.2, -0.15) is 0 Å². The zero-order valence-electron chi connectivity index (χ0n) is 15.1. The molecule has 0 spiro atoms. The van der Waals surface area contributed by atoms with E-state index in [0.29, 0.717) is 11.8 Å². The number of benzene rings is 1. The molecule has 3 rings (SSSR count). The molecule has 1 aliphatic carbocycles. The highest BCUT2D eigenvalue weighted by Gasteiger charge is 2.43. The van der Waals surface area contributed by atoms with Gasteiger partial charge in [-0.3, -0.25) is 4.79 Å². The predicted molar refractivity (Wildman–Crippen MR) is 98.3 cm³/mol. The van der Waals surface area contributed by atoms with Gasteiger partial charge in [-0.1, -0.05) is 38.1 Å². The van der Waals surface area contributed by atoms with Gasteiger partial charge in [0, 0.05) is 38.6 Å². The Bertz CT molecular complexity index is 534. The molecule has 2 atom stereocenters. The van der Waals surface area contributed by atoms with Crippen LogP contribution in [-0.2, 0) is 4.79 Å². The smallest absolute Gasteiger partial charge is 0.223 e. The molecule has 0 bridgehead atoms. The van der Waals surface area contributed by atoms with Crippen LogP contribution in [0.4, 0.5) is 0 Å². The molecule has 1 saturated carbocycles. The lowest BCUT2D eigenvalue weighted by molar-refractivity contribution is -0.122. The zero-order chi connectivity index (χ0) is 16.9. The van der Waals surface area contributed by atoms with Crippen LogP contribution in [0.2, 0.25) is 0 Å². The summed E-state index contributed by atoms with van der Waals surface area (Å²) in [5, 5.41) is 6.50. The average molecular weight is 329 g/mol. The summed E-state index contributed by atoms with van der Waals surface area (Å²) in [4.78, 5) is 14.8. The van der Waals surface area contributed by atoms with Gasteiger partial charge in [0.15, 0.2) is 0 Å². The van der Waals surface area contributed by atoms with Gasteiger partial charge in [-0.25, -0.2) is 0 Å². The lowest BCUT2D eigenvalue weighted by atomic mass is 10.00. The van der Waals surface area contributed by atoms with Gasteiger partial charge in [0.25, 0.3) is 0 Å². The van der Waals surface area contributed by atoms with Gasteiger partial charge in [0.05, 0.1) is 0 Å². The third kappa shape index (κ3) is 4.58. The maximum atomic E-state index is 12.3. The fraction of sp³-hybridized carbons (Fsp3) is 0.650. The summed E-state index contributed by atoms with van der Waals surface area (Å²) in [6, 6.07) is 8.83. The van der Waals surface area contributed by atoms with Gasteiger partial charge in [-0.15, -0.1) is 0 Å². The van der Waals surface area contributed by atoms with Crippen molar-refractivity contribution in [3.63, 3.8) is 0 Å². The predicted octanol–water partition coefficient (Wildman–Crippen LogP) is 2.33. The number of amides is 1. The zero-order valence-corrected chi connectivity index (χ0v) is 15.1. The number of hydrogen-bond acceptors (Lipinski definition) is 3. The lowest BCUT2D eigenvalue weighted by Crippen LogP contribution is -2.44. The Balaban J connectivity index is 1.36. The van der Waals surface area contributed by atoms with Crippen LogP contribution in [0.25, 0.3) is 0 Å². The molecule has 2 aliphatic rings. The first-order valence-corrected chi connectivity index (χ1v) is 9.46. The first kappa shape index (κ1) is 17.4. The van der Waals surface area contributed by atoms with Crippen molar-refractivity contribution in [2.45, 2.75) is 38.5 Å². The summed E-state index contributed by atoms with van der Waals surface area (Å²) in [5.74, 6) is 1.43. The van der Waals surface area contributed by atoms with Crippen molar-refractivity contribution in [2.75, 3.05) is 39.3 Å². The number of nitrogens with one attached hydrogen (secondary N) is 2. The maximum absolute atomic E-state index is 12.3. The molecule has 24 heavy (non-hydrogen) atoms. The standard InChI is InChI=1S/C20H31N3O/c1-15(2)16-4-6-17(7-5-16)18-14-19(18)20(24)22-8-3-11-23-12-9-21-10-13-23/h4-7,15,18-19,21H,3,8-14H2,1-2H3,(H,22,24). The molecule has 2 fully saturated rings. The van der Waals surface area contributed by atoms with Gasteiger partial charge in [0.1, 0.15) is 0 Å². The van der Waals surface area contributed by atoms with Gasteiger partial charge < -0.3 is 15.5 Å². The number of rotatable bonds is 7. The lowest BCUT2D eigenvalue weighted by Gasteiger charge is -2.27. The Morgan fingerprint density at radius 3 is 2.62 bits per heavy atom. The average Bonchev–Trinajstić information content (AvgIpc) is 3.40. The third-order valence-corrected chi connectivity index (χ3v) is 5.32. The van der Waals surface area contributed by atoms with E-state index in [4.69, 9.17) is 0 Å². The Morgan fingerprint density at radius 1 is 1.25 bits per heavy atom. The van der Waals surface area contributed by atoms with Crippen molar-refractivity contribution in [2.24, 2.45) is 5.92 Å². The summed E-state index contributed by atoms with van der Waals surface area (Å²) in [7, 11) is 0. The first-order valence-electron chi connectivity index (χ1n) is 9.46. The second kappa shape index (κ2) is 8.13. The second-order valence-electron chi connectivity index (χ2n) is 7.51. The fourth-order valence-corrected chi connectivity index (χ4v) is 3.56. The van der Waals surface area contributed by atoms with E-state index < -0.39 is 0 Å². The molecule has 4 nitrogen and oxygen atoms in total. The van der Waals surface area contributed by atoms with E-state index in [2.05, 4.69) is 53.6 Å². The molecular formula is C20H31N3O. The van der Waals surface area contributed by atoms with Crippen LogP contribution in [0.15, 0.2) is 24.3 Å². The minimum Gasteiger partial charge on any atom is -0.356 e. The first-order chi connectivity index (χ1) is 11.6. The molecule has 1 aliphatic heterocycles. The van der Waals surface area contributed by atoms with Crippen molar-refractivity contribution in [1.29, 1.82) is 0 Å². The highest BCUT2D eigenvalue weighted by molar-refractivity contribution is 5.82. The number of carbonyl (C=O) groups is 1. The van der Waals surface area contributed by atoms with Crippen molar-refractivity contribution in [3.05, 3.63) is 35.4 Å². The number of piperazine rings is 1. The summed E-state index contributed by atoms with van der Waals surface area (Å²) in [6.45, 7) is 10.8. The molecule has 0 radical (unpaired) electrons. The largest absolute Gasteiger partial charge is 0.356 e. The summed E-state index contributed by atoms with van der Waals surface area (Å²) in [5.41, 5.74) is 2.69. The molecule has 4 heteroatoms. The fourth-order valence-electron chi connectivity index (χ4n) is 3.56. The Labute approximate surface area is 146 Å². The second-order valence-corrected chi connectivity index (χ2v) is 7.51. The molecule has 1 amide bonds. The summed E-state index contributed by atoms with van der Waals surface area (Å²) < 4.78 is 0. The van der Waals surface area contributed by atoms with Crippen LogP contribution in [-0.4, -0.2) is 50.1 Å². The van der Waals surface area contributed by atoms with Crippen LogP contribution in [0.1, 0.15) is 49.7 Å². The summed E-state index contributed by atoms with van der Waals surface area (Å²) >= 11 is 0. The van der Waals surface area contributed by atoms with Gasteiger partial charge in [-0.05, 0) is 42.3 Å². The minimum atomic E-state index is 0.189. The Kier molecular flexibility index (Phi) is 5.90. The number of hydrogen-bond donors (Lipinski definition) is 2. The molecule has 1 aromatic rings. The normalized spacial score (nSPS) is 24.1.